The fraction of sp³-hybridized carbons (Fsp3) is 0.462. The summed E-state index contributed by atoms with van der Waals surface area (Å²) in [6.07, 6.45) is 12.8. The topological polar surface area (TPSA) is 95.7 Å². The van der Waals surface area contributed by atoms with Gasteiger partial charge in [-0.2, -0.15) is 0 Å². The third-order valence-electron chi connectivity index (χ3n) is 9.86. The second kappa shape index (κ2) is 16.5. The second-order valence-electron chi connectivity index (χ2n) is 13.1. The van der Waals surface area contributed by atoms with E-state index in [4.69, 9.17) is 5.73 Å². The molecular formula is C39H50N4O3. The third-order valence-corrected chi connectivity index (χ3v) is 9.86. The number of fused-ring (bicyclic) bond motifs is 1. The molecule has 1 aliphatic carbocycles. The number of carbonyl (C=O) groups excluding carboxylic acids is 3. The Kier molecular flexibility index (Phi) is 12.0. The van der Waals surface area contributed by atoms with E-state index < -0.39 is 5.91 Å². The zero-order valence-electron chi connectivity index (χ0n) is 27.4. The van der Waals surface area contributed by atoms with Crippen molar-refractivity contribution in [2.75, 3.05) is 26.7 Å². The summed E-state index contributed by atoms with van der Waals surface area (Å²) in [5, 5.41) is 3.11. The standard InChI is InChI=1S/C24H28N2O2.C15H22N2O/c25-23(27)21-9-3-1-7-20(21)16-17-11-13-19(14-12-17)24(28)26-15-5-8-18-6-2-4-10-22(18)26;1-16-12-13-6-8-14(9-7-13)15(18)17-10-4-2-3-5-11-17/h1,3,7,9,11-14,18,22H,2,4-6,8,10,15-16H2,(H2,25,27);6-9,16H,2-5,10-12H2,1H3. The van der Waals surface area contributed by atoms with E-state index in [1.807, 2.05) is 78.7 Å². The number of carbonyl (C=O) groups is 3. The highest BCUT2D eigenvalue weighted by Gasteiger charge is 2.35. The van der Waals surface area contributed by atoms with Crippen molar-refractivity contribution in [1.82, 2.24) is 15.1 Å². The molecule has 3 N–H and O–H groups in total. The van der Waals surface area contributed by atoms with Gasteiger partial charge in [-0.3, -0.25) is 14.4 Å². The number of amides is 3. The quantitative estimate of drug-likeness (QED) is 0.311. The molecule has 2 atom stereocenters. The molecule has 2 heterocycles. The lowest BCUT2D eigenvalue weighted by atomic mass is 9.78. The van der Waals surface area contributed by atoms with E-state index in [0.717, 1.165) is 74.1 Å². The van der Waals surface area contributed by atoms with Crippen LogP contribution < -0.4 is 11.1 Å². The number of piperidine rings is 1. The first-order valence-electron chi connectivity index (χ1n) is 17.2. The minimum absolute atomic E-state index is 0.167. The summed E-state index contributed by atoms with van der Waals surface area (Å²) in [6.45, 7) is 3.56. The smallest absolute Gasteiger partial charge is 0.254 e. The van der Waals surface area contributed by atoms with Crippen LogP contribution in [0.15, 0.2) is 72.8 Å². The van der Waals surface area contributed by atoms with E-state index in [-0.39, 0.29) is 11.8 Å². The highest BCUT2D eigenvalue weighted by Crippen LogP contribution is 2.36. The molecule has 3 fully saturated rings. The van der Waals surface area contributed by atoms with E-state index in [2.05, 4.69) is 10.2 Å². The molecular weight excluding hydrogens is 572 g/mol. The number of nitrogens with two attached hydrogens (primary N) is 1. The molecule has 46 heavy (non-hydrogen) atoms. The van der Waals surface area contributed by atoms with E-state index in [9.17, 15) is 14.4 Å². The monoisotopic (exact) mass is 622 g/mol. The Balaban J connectivity index is 0.000000200. The average molecular weight is 623 g/mol. The van der Waals surface area contributed by atoms with Crippen molar-refractivity contribution in [3.8, 4) is 0 Å². The lowest BCUT2D eigenvalue weighted by Gasteiger charge is -2.44. The number of likely N-dealkylation sites (tertiary alicyclic amines) is 2. The average Bonchev–Trinajstić information content (AvgIpc) is 3.39. The summed E-state index contributed by atoms with van der Waals surface area (Å²) in [6, 6.07) is 23.6. The van der Waals surface area contributed by atoms with Crippen LogP contribution in [0.2, 0.25) is 0 Å². The van der Waals surface area contributed by atoms with Crippen molar-refractivity contribution in [2.24, 2.45) is 11.7 Å². The van der Waals surface area contributed by atoms with Crippen LogP contribution in [-0.4, -0.2) is 60.2 Å². The molecule has 0 aromatic heterocycles. The molecule has 2 saturated heterocycles. The van der Waals surface area contributed by atoms with Gasteiger partial charge < -0.3 is 20.9 Å². The number of benzene rings is 3. The van der Waals surface area contributed by atoms with Gasteiger partial charge in [0.2, 0.25) is 5.91 Å². The summed E-state index contributed by atoms with van der Waals surface area (Å²) in [7, 11) is 1.93. The second-order valence-corrected chi connectivity index (χ2v) is 13.1. The lowest BCUT2D eigenvalue weighted by Crippen LogP contribution is -2.49. The van der Waals surface area contributed by atoms with Gasteiger partial charge in [-0.15, -0.1) is 0 Å². The van der Waals surface area contributed by atoms with Crippen LogP contribution in [-0.2, 0) is 13.0 Å². The molecule has 3 aliphatic rings. The van der Waals surface area contributed by atoms with Gasteiger partial charge in [0.1, 0.15) is 0 Å². The molecule has 0 spiro atoms. The van der Waals surface area contributed by atoms with E-state index >= 15 is 0 Å². The Morgan fingerprint density at radius 2 is 1.30 bits per heavy atom. The predicted molar refractivity (Wildman–Crippen MR) is 184 cm³/mol. The van der Waals surface area contributed by atoms with Gasteiger partial charge in [-0.25, -0.2) is 0 Å². The van der Waals surface area contributed by atoms with Gasteiger partial charge in [0.25, 0.3) is 11.8 Å². The molecule has 3 aromatic carbocycles. The maximum Gasteiger partial charge on any atom is 0.254 e. The van der Waals surface area contributed by atoms with Gasteiger partial charge in [0.15, 0.2) is 0 Å². The number of nitrogens with zero attached hydrogens (tertiary/aromatic N) is 2. The highest BCUT2D eigenvalue weighted by atomic mass is 16.2. The van der Waals surface area contributed by atoms with Crippen LogP contribution in [0.5, 0.6) is 0 Å². The molecule has 2 aliphatic heterocycles. The Morgan fingerprint density at radius 3 is 1.98 bits per heavy atom. The number of rotatable bonds is 7. The molecule has 0 bridgehead atoms. The molecule has 7 heteroatoms. The number of hydrogen-bond donors (Lipinski definition) is 2. The van der Waals surface area contributed by atoms with Crippen LogP contribution in [0.25, 0.3) is 0 Å². The zero-order chi connectivity index (χ0) is 32.3. The maximum absolute atomic E-state index is 13.1. The summed E-state index contributed by atoms with van der Waals surface area (Å²) < 4.78 is 0. The normalized spacial score (nSPS) is 19.7. The van der Waals surface area contributed by atoms with Crippen molar-refractivity contribution < 1.29 is 14.4 Å². The van der Waals surface area contributed by atoms with E-state index in [0.29, 0.717) is 23.9 Å². The van der Waals surface area contributed by atoms with Gasteiger partial charge in [0, 0.05) is 48.9 Å². The first-order chi connectivity index (χ1) is 22.4. The van der Waals surface area contributed by atoms with Crippen LogP contribution in [0, 0.1) is 5.92 Å². The van der Waals surface area contributed by atoms with Crippen molar-refractivity contribution in [3.05, 3.63) is 106 Å². The molecule has 2 unspecified atom stereocenters. The van der Waals surface area contributed by atoms with Crippen molar-refractivity contribution in [1.29, 1.82) is 0 Å². The van der Waals surface area contributed by atoms with E-state index in [1.54, 1.807) is 6.07 Å². The summed E-state index contributed by atoms with van der Waals surface area (Å²) in [5.41, 5.74) is 10.8. The largest absolute Gasteiger partial charge is 0.366 e. The van der Waals surface area contributed by atoms with Crippen molar-refractivity contribution in [3.63, 3.8) is 0 Å². The van der Waals surface area contributed by atoms with Crippen LogP contribution >= 0.6 is 0 Å². The SMILES string of the molecule is CNCc1ccc(C(=O)N2CCCCCC2)cc1.NC(=O)c1ccccc1Cc1ccc(C(=O)N2CCCC3CCCCC32)cc1. The predicted octanol–water partition coefficient (Wildman–Crippen LogP) is 6.59. The van der Waals surface area contributed by atoms with Gasteiger partial charge in [-0.05, 0) is 105 Å². The summed E-state index contributed by atoms with van der Waals surface area (Å²) >= 11 is 0. The fourth-order valence-corrected chi connectivity index (χ4v) is 7.37. The Morgan fingerprint density at radius 1 is 0.696 bits per heavy atom. The summed E-state index contributed by atoms with van der Waals surface area (Å²) in [5.74, 6) is 0.638. The Bertz CT molecular complexity index is 1440. The maximum atomic E-state index is 13.1. The van der Waals surface area contributed by atoms with Crippen molar-refractivity contribution in [2.45, 2.75) is 83.2 Å². The van der Waals surface area contributed by atoms with Crippen LogP contribution in [0.4, 0.5) is 0 Å². The molecule has 244 valence electrons. The number of nitrogens with one attached hydrogen (secondary N) is 1. The van der Waals surface area contributed by atoms with Crippen molar-refractivity contribution >= 4 is 17.7 Å². The van der Waals surface area contributed by atoms with Gasteiger partial charge in [0.05, 0.1) is 0 Å². The van der Waals surface area contributed by atoms with Crippen LogP contribution in [0.3, 0.4) is 0 Å². The third kappa shape index (κ3) is 8.64. The number of hydrogen-bond acceptors (Lipinski definition) is 4. The molecule has 7 nitrogen and oxygen atoms in total. The fourth-order valence-electron chi connectivity index (χ4n) is 7.37. The first kappa shape index (κ1) is 33.4. The molecule has 3 amide bonds. The first-order valence-corrected chi connectivity index (χ1v) is 17.2. The van der Waals surface area contributed by atoms with Gasteiger partial charge in [-0.1, -0.05) is 68.1 Å². The Labute approximate surface area is 274 Å². The zero-order valence-corrected chi connectivity index (χ0v) is 27.4. The molecule has 0 radical (unpaired) electrons. The molecule has 1 saturated carbocycles. The van der Waals surface area contributed by atoms with E-state index in [1.165, 1.54) is 44.1 Å². The van der Waals surface area contributed by atoms with Gasteiger partial charge >= 0.3 is 0 Å². The minimum Gasteiger partial charge on any atom is -0.366 e. The highest BCUT2D eigenvalue weighted by molar-refractivity contribution is 5.95. The molecule has 6 rings (SSSR count). The summed E-state index contributed by atoms with van der Waals surface area (Å²) in [4.78, 5) is 41.2. The lowest BCUT2D eigenvalue weighted by molar-refractivity contribution is 0.0390. The van der Waals surface area contributed by atoms with Crippen LogP contribution in [0.1, 0.15) is 112 Å². The minimum atomic E-state index is -0.408. The molecule has 3 aromatic rings. The Hall–Kier alpha value is -3.97. The number of primary amides is 1.